The van der Waals surface area contributed by atoms with Crippen LogP contribution in [0, 0.1) is 6.07 Å². The summed E-state index contributed by atoms with van der Waals surface area (Å²) in [6.07, 6.45) is 2.11. The molecule has 0 amide bonds. The largest absolute Gasteiger partial charge is 0.0841 e. The molecule has 0 heteroatoms. The monoisotopic (exact) mass is 131 g/mol. The van der Waals surface area contributed by atoms with Crippen molar-refractivity contribution in [3.63, 3.8) is 0 Å². The Morgan fingerprint density at radius 3 is 2.50 bits per heavy atom. The van der Waals surface area contributed by atoms with E-state index in [9.17, 15) is 0 Å². The Morgan fingerprint density at radius 1 is 1.40 bits per heavy atom. The van der Waals surface area contributed by atoms with Crippen LogP contribution in [0.25, 0.3) is 5.57 Å². The fourth-order valence-electron chi connectivity index (χ4n) is 0.816. The van der Waals surface area contributed by atoms with Crippen molar-refractivity contribution in [3.8, 4) is 0 Å². The topological polar surface area (TPSA) is 0 Å². The van der Waals surface area contributed by atoms with Crippen molar-refractivity contribution in [1.29, 1.82) is 0 Å². The first-order valence-electron chi connectivity index (χ1n) is 3.44. The van der Waals surface area contributed by atoms with Gasteiger partial charge in [0.1, 0.15) is 0 Å². The summed E-state index contributed by atoms with van der Waals surface area (Å²) in [5, 5.41) is 0. The lowest BCUT2D eigenvalue weighted by Gasteiger charge is -1.96. The molecule has 0 N–H and O–H groups in total. The van der Waals surface area contributed by atoms with Crippen LogP contribution in [0.3, 0.4) is 0 Å². The predicted molar refractivity (Wildman–Crippen MR) is 44.6 cm³/mol. The fourth-order valence-corrected chi connectivity index (χ4v) is 0.816. The second-order valence-electron chi connectivity index (χ2n) is 2.26. The Kier molecular flexibility index (Phi) is 2.27. The average Bonchev–Trinajstić information content (AvgIpc) is 2.05. The minimum atomic E-state index is 1.28. The van der Waals surface area contributed by atoms with E-state index in [0.717, 1.165) is 0 Å². The Labute approximate surface area is 62.2 Å². The zero-order chi connectivity index (χ0) is 7.40. The highest BCUT2D eigenvalue weighted by atomic mass is 13.9. The van der Waals surface area contributed by atoms with Gasteiger partial charge in [-0.25, -0.2) is 0 Å². The molecule has 0 aromatic heterocycles. The lowest BCUT2D eigenvalue weighted by Crippen LogP contribution is -1.75. The van der Waals surface area contributed by atoms with Gasteiger partial charge in [0.2, 0.25) is 0 Å². The van der Waals surface area contributed by atoms with Crippen LogP contribution in [0.5, 0.6) is 0 Å². The molecule has 0 bridgehead atoms. The lowest BCUT2D eigenvalue weighted by molar-refractivity contribution is 1.54. The van der Waals surface area contributed by atoms with E-state index in [1.165, 1.54) is 11.1 Å². The second kappa shape index (κ2) is 3.21. The molecule has 1 aromatic carbocycles. The van der Waals surface area contributed by atoms with Gasteiger partial charge in [-0.1, -0.05) is 30.3 Å². The molecule has 0 aliphatic carbocycles. The highest BCUT2D eigenvalue weighted by Crippen LogP contribution is 2.10. The third kappa shape index (κ3) is 1.47. The van der Waals surface area contributed by atoms with E-state index in [1.807, 2.05) is 19.1 Å². The van der Waals surface area contributed by atoms with Gasteiger partial charge < -0.3 is 0 Å². The van der Waals surface area contributed by atoms with E-state index in [-0.39, 0.29) is 0 Å². The van der Waals surface area contributed by atoms with Gasteiger partial charge in [0, 0.05) is 0 Å². The molecule has 0 heterocycles. The Hall–Kier alpha value is -1.04. The Balaban J connectivity index is 2.96. The fraction of sp³-hybridized carbons (Fsp3) is 0.200. The van der Waals surface area contributed by atoms with E-state index in [4.69, 9.17) is 0 Å². The number of rotatable bonds is 1. The molecule has 51 valence electrons. The van der Waals surface area contributed by atoms with Gasteiger partial charge in [-0.3, -0.25) is 0 Å². The normalized spacial score (nSPS) is 11.6. The summed E-state index contributed by atoms with van der Waals surface area (Å²) in [5.74, 6) is 0. The third-order valence-corrected chi connectivity index (χ3v) is 1.61. The lowest BCUT2D eigenvalue weighted by atomic mass is 10.1. The van der Waals surface area contributed by atoms with Crippen molar-refractivity contribution in [2.75, 3.05) is 0 Å². The van der Waals surface area contributed by atoms with Crippen molar-refractivity contribution in [3.05, 3.63) is 42.0 Å². The number of hydrogen-bond donors (Lipinski definition) is 0. The average molecular weight is 131 g/mol. The zero-order valence-corrected chi connectivity index (χ0v) is 6.39. The van der Waals surface area contributed by atoms with Crippen molar-refractivity contribution >= 4 is 5.57 Å². The van der Waals surface area contributed by atoms with E-state index >= 15 is 0 Å². The number of hydrogen-bond acceptors (Lipinski definition) is 0. The molecular formula is C10H11. The highest BCUT2D eigenvalue weighted by Gasteiger charge is 1.88. The molecule has 0 aliphatic heterocycles. The van der Waals surface area contributed by atoms with Crippen molar-refractivity contribution in [1.82, 2.24) is 0 Å². The summed E-state index contributed by atoms with van der Waals surface area (Å²) in [6, 6.07) is 11.0. The molecule has 0 saturated heterocycles. The van der Waals surface area contributed by atoms with Crippen LogP contribution in [-0.4, -0.2) is 0 Å². The first kappa shape index (κ1) is 7.07. The molecule has 10 heavy (non-hydrogen) atoms. The van der Waals surface area contributed by atoms with E-state index < -0.39 is 0 Å². The van der Waals surface area contributed by atoms with Gasteiger partial charge in [-0.15, -0.1) is 0 Å². The molecule has 0 aliphatic rings. The zero-order valence-electron chi connectivity index (χ0n) is 6.39. The van der Waals surface area contributed by atoms with Crippen LogP contribution in [0.1, 0.15) is 19.4 Å². The highest BCUT2D eigenvalue weighted by molar-refractivity contribution is 5.62. The first-order valence-corrected chi connectivity index (χ1v) is 3.44. The summed E-state index contributed by atoms with van der Waals surface area (Å²) < 4.78 is 0. The van der Waals surface area contributed by atoms with Crippen LogP contribution < -0.4 is 0 Å². The van der Waals surface area contributed by atoms with Gasteiger partial charge >= 0.3 is 0 Å². The molecule has 1 rings (SSSR count). The van der Waals surface area contributed by atoms with Crippen LogP contribution in [0.4, 0.5) is 0 Å². The van der Waals surface area contributed by atoms with Gasteiger partial charge in [0.05, 0.1) is 0 Å². The number of benzene rings is 1. The molecule has 0 nitrogen and oxygen atoms in total. The Bertz CT molecular complexity index is 219. The molecule has 0 unspecified atom stereocenters. The molecular weight excluding hydrogens is 120 g/mol. The molecule has 0 saturated carbocycles. The van der Waals surface area contributed by atoms with Crippen molar-refractivity contribution in [2.24, 2.45) is 0 Å². The summed E-state index contributed by atoms with van der Waals surface area (Å²) in [6.45, 7) is 4.15. The Morgan fingerprint density at radius 2 is 2.00 bits per heavy atom. The standard InChI is InChI=1S/C10H11/c1-3-9(2)10-7-5-4-6-8-10/h3,5-8H,1-2H3/b9-3+. The van der Waals surface area contributed by atoms with Gasteiger partial charge in [0.25, 0.3) is 0 Å². The summed E-state index contributed by atoms with van der Waals surface area (Å²) in [4.78, 5) is 0. The van der Waals surface area contributed by atoms with E-state index in [0.29, 0.717) is 0 Å². The minimum Gasteiger partial charge on any atom is -0.0841 e. The summed E-state index contributed by atoms with van der Waals surface area (Å²) in [5.41, 5.74) is 2.59. The summed E-state index contributed by atoms with van der Waals surface area (Å²) >= 11 is 0. The second-order valence-corrected chi connectivity index (χ2v) is 2.26. The van der Waals surface area contributed by atoms with Gasteiger partial charge in [-0.2, -0.15) is 0 Å². The van der Waals surface area contributed by atoms with E-state index in [1.54, 1.807) is 0 Å². The van der Waals surface area contributed by atoms with E-state index in [2.05, 4.69) is 31.2 Å². The maximum atomic E-state index is 2.98. The van der Waals surface area contributed by atoms with Crippen LogP contribution in [0.15, 0.2) is 30.3 Å². The van der Waals surface area contributed by atoms with Crippen LogP contribution >= 0.6 is 0 Å². The first-order chi connectivity index (χ1) is 4.84. The number of allylic oxidation sites excluding steroid dienone is 2. The van der Waals surface area contributed by atoms with Gasteiger partial charge in [0.15, 0.2) is 0 Å². The molecule has 0 spiro atoms. The molecule has 1 radical (unpaired) electrons. The SMILES string of the molecule is C/C=C(\C)c1cc[c]cc1. The molecule has 1 aromatic rings. The molecule has 0 atom stereocenters. The van der Waals surface area contributed by atoms with Crippen LogP contribution in [-0.2, 0) is 0 Å². The predicted octanol–water partition coefficient (Wildman–Crippen LogP) is 2.91. The van der Waals surface area contributed by atoms with Crippen molar-refractivity contribution in [2.45, 2.75) is 13.8 Å². The van der Waals surface area contributed by atoms with Gasteiger partial charge in [-0.05, 0) is 31.1 Å². The molecule has 0 fully saturated rings. The quantitative estimate of drug-likeness (QED) is 0.549. The summed E-state index contributed by atoms with van der Waals surface area (Å²) in [7, 11) is 0. The van der Waals surface area contributed by atoms with Crippen molar-refractivity contribution < 1.29 is 0 Å². The van der Waals surface area contributed by atoms with Crippen LogP contribution in [0.2, 0.25) is 0 Å². The maximum Gasteiger partial charge on any atom is -0.0184 e. The minimum absolute atomic E-state index is 1.28. The smallest absolute Gasteiger partial charge is 0.0184 e. The third-order valence-electron chi connectivity index (χ3n) is 1.61. The maximum absolute atomic E-state index is 2.98.